The number of hydrogen-bond acceptors (Lipinski definition) is 10. The maximum absolute atomic E-state index is 10.9. The summed E-state index contributed by atoms with van der Waals surface area (Å²) in [6.45, 7) is 24.7. The van der Waals surface area contributed by atoms with Crippen LogP contribution in [0.5, 0.6) is 0 Å². The van der Waals surface area contributed by atoms with Crippen LogP contribution in [0.3, 0.4) is 0 Å². The van der Waals surface area contributed by atoms with Crippen LogP contribution in [0.25, 0.3) is 0 Å². The predicted molar refractivity (Wildman–Crippen MR) is 202 cm³/mol. The lowest BCUT2D eigenvalue weighted by Gasteiger charge is -2.44. The zero-order valence-electron chi connectivity index (χ0n) is 32.4. The third-order valence-electron chi connectivity index (χ3n) is 9.59. The molecule has 0 aromatic heterocycles. The van der Waals surface area contributed by atoms with Crippen LogP contribution in [-0.4, -0.2) is 110 Å². The Bertz CT molecular complexity index is 1350. The average molecular weight is 731 g/mol. The second kappa shape index (κ2) is 16.8. The molecule has 0 saturated carbocycles. The summed E-state index contributed by atoms with van der Waals surface area (Å²) in [5.41, 5.74) is -2.55. The molecule has 0 amide bonds. The molecular weight excluding hydrogens is 669 g/mol. The predicted octanol–water partition coefficient (Wildman–Crippen LogP) is 4.49. The van der Waals surface area contributed by atoms with Crippen molar-refractivity contribution >= 4 is 18.7 Å². The van der Waals surface area contributed by atoms with E-state index in [2.05, 4.69) is 82.5 Å². The van der Waals surface area contributed by atoms with E-state index in [1.54, 1.807) is 34.8 Å². The molecule has 2 aliphatic rings. The quantitative estimate of drug-likeness (QED) is 0.189. The molecule has 4 rings (SSSR count). The van der Waals surface area contributed by atoms with Crippen molar-refractivity contribution in [3.8, 4) is 0 Å². The van der Waals surface area contributed by atoms with E-state index in [4.69, 9.17) is 32.8 Å². The highest BCUT2D eigenvalue weighted by Crippen LogP contribution is 2.40. The van der Waals surface area contributed by atoms with Gasteiger partial charge >= 0.3 is 0 Å². The van der Waals surface area contributed by atoms with Crippen molar-refractivity contribution in [2.75, 3.05) is 27.4 Å². The van der Waals surface area contributed by atoms with Crippen LogP contribution in [0.2, 0.25) is 5.04 Å². The van der Waals surface area contributed by atoms with Crippen LogP contribution < -0.4 is 10.4 Å². The number of benzene rings is 2. The van der Waals surface area contributed by atoms with Gasteiger partial charge in [0, 0.05) is 14.2 Å². The van der Waals surface area contributed by atoms with E-state index in [9.17, 15) is 15.3 Å². The van der Waals surface area contributed by atoms with Crippen molar-refractivity contribution < 1.29 is 48.2 Å². The van der Waals surface area contributed by atoms with Gasteiger partial charge in [-0.3, -0.25) is 0 Å². The molecule has 286 valence electrons. The molecule has 0 radical (unpaired) electrons. The molecule has 0 bridgehead atoms. The summed E-state index contributed by atoms with van der Waals surface area (Å²) in [7, 11) is 0.294. The van der Waals surface area contributed by atoms with Gasteiger partial charge in [-0.1, -0.05) is 93.6 Å². The van der Waals surface area contributed by atoms with Crippen molar-refractivity contribution in [1.82, 2.24) is 0 Å². The highest BCUT2D eigenvalue weighted by atomic mass is 28.4. The average Bonchev–Trinajstić information content (AvgIpc) is 3.55. The lowest BCUT2D eigenvalue weighted by molar-refractivity contribution is -0.174. The lowest BCUT2D eigenvalue weighted by Crippen LogP contribution is -2.67. The van der Waals surface area contributed by atoms with Crippen LogP contribution in [0.15, 0.2) is 86.0 Å². The van der Waals surface area contributed by atoms with Crippen LogP contribution in [0.1, 0.15) is 62.3 Å². The number of aliphatic hydroxyl groups is 3. The van der Waals surface area contributed by atoms with Gasteiger partial charge in [0.15, 0.2) is 11.6 Å². The molecule has 2 aromatic carbocycles. The van der Waals surface area contributed by atoms with Crippen LogP contribution >= 0.6 is 0 Å². The Balaban J connectivity index is 0.000000347. The van der Waals surface area contributed by atoms with Gasteiger partial charge in [-0.2, -0.15) is 0 Å². The largest absolute Gasteiger partial charge is 0.405 e. The van der Waals surface area contributed by atoms with E-state index in [0.717, 1.165) is 0 Å². The number of rotatable bonds is 14. The van der Waals surface area contributed by atoms with Crippen molar-refractivity contribution in [3.05, 3.63) is 86.0 Å². The monoisotopic (exact) mass is 730 g/mol. The summed E-state index contributed by atoms with van der Waals surface area (Å²) in [5.74, 6) is -1.63. The molecule has 0 spiro atoms. The second-order valence-corrected chi connectivity index (χ2v) is 19.9. The Kier molecular flexibility index (Phi) is 14.2. The minimum absolute atomic E-state index is 0.159. The zero-order valence-corrected chi connectivity index (χ0v) is 33.4. The van der Waals surface area contributed by atoms with Gasteiger partial charge in [0.25, 0.3) is 8.32 Å². The van der Waals surface area contributed by atoms with Gasteiger partial charge in [0.1, 0.15) is 47.8 Å². The molecule has 11 heteroatoms. The molecule has 2 heterocycles. The molecule has 8 atom stereocenters. The van der Waals surface area contributed by atoms with Crippen molar-refractivity contribution in [2.45, 2.75) is 127 Å². The van der Waals surface area contributed by atoms with Crippen molar-refractivity contribution in [1.29, 1.82) is 0 Å². The number of hydrogen-bond donors (Lipinski definition) is 3. The molecule has 2 aliphatic heterocycles. The summed E-state index contributed by atoms with van der Waals surface area (Å²) < 4.78 is 41.8. The first-order chi connectivity index (χ1) is 23.6. The Morgan fingerprint density at radius 3 is 1.41 bits per heavy atom. The molecule has 0 aliphatic carbocycles. The lowest BCUT2D eigenvalue weighted by atomic mass is 9.92. The Hall–Kier alpha value is -2.26. The normalized spacial score (nSPS) is 26.5. The fourth-order valence-corrected chi connectivity index (χ4v) is 11.7. The SMILES string of the molecule is C=C[C@](C)(O)[C@H](OC)[C@H]1OC(C)(C)O[C@H]1CO.C=C[C@](C)(O)[C@H](OC)[C@H]1OC(C)(C)O[C@H]1CO[Si](c1ccccc1)(c1ccccc1)C(C)(C)C. The molecule has 2 aromatic rings. The minimum atomic E-state index is -2.75. The molecule has 2 saturated heterocycles. The fraction of sp³-hybridized carbons (Fsp3) is 0.600. The summed E-state index contributed by atoms with van der Waals surface area (Å²) in [4.78, 5) is 0. The molecule has 0 unspecified atom stereocenters. The van der Waals surface area contributed by atoms with Gasteiger partial charge in [0.05, 0.1) is 13.2 Å². The topological polar surface area (TPSA) is 125 Å². The van der Waals surface area contributed by atoms with Crippen LogP contribution in [0, 0.1) is 0 Å². The molecular formula is C40H62O10Si. The third kappa shape index (κ3) is 9.84. The summed E-state index contributed by atoms with van der Waals surface area (Å²) in [6, 6.07) is 21.0. The summed E-state index contributed by atoms with van der Waals surface area (Å²) in [5, 5.41) is 32.6. The second-order valence-electron chi connectivity index (χ2n) is 15.6. The fourth-order valence-electron chi connectivity index (χ4n) is 7.12. The van der Waals surface area contributed by atoms with Gasteiger partial charge in [-0.15, -0.1) is 13.2 Å². The number of ether oxygens (including phenoxy) is 6. The van der Waals surface area contributed by atoms with Crippen molar-refractivity contribution in [2.24, 2.45) is 0 Å². The number of methoxy groups -OCH3 is 2. The third-order valence-corrected chi connectivity index (χ3v) is 14.6. The first-order valence-electron chi connectivity index (χ1n) is 17.5. The zero-order chi connectivity index (χ0) is 38.5. The van der Waals surface area contributed by atoms with E-state index >= 15 is 0 Å². The Morgan fingerprint density at radius 2 is 1.08 bits per heavy atom. The highest BCUT2D eigenvalue weighted by Gasteiger charge is 2.54. The molecule has 10 nitrogen and oxygen atoms in total. The Labute approximate surface area is 306 Å². The molecule has 2 fully saturated rings. The van der Waals surface area contributed by atoms with Crippen LogP contribution in [0.4, 0.5) is 0 Å². The van der Waals surface area contributed by atoms with Crippen molar-refractivity contribution in [3.63, 3.8) is 0 Å². The van der Waals surface area contributed by atoms with E-state index < -0.39 is 67.7 Å². The summed E-state index contributed by atoms with van der Waals surface area (Å²) in [6.07, 6.45) is -0.493. The number of aliphatic hydroxyl groups excluding tert-OH is 1. The smallest absolute Gasteiger partial charge is 0.261 e. The molecule has 51 heavy (non-hydrogen) atoms. The maximum atomic E-state index is 10.9. The highest BCUT2D eigenvalue weighted by molar-refractivity contribution is 6.99. The maximum Gasteiger partial charge on any atom is 0.261 e. The minimum Gasteiger partial charge on any atom is -0.405 e. The molecule has 3 N–H and O–H groups in total. The van der Waals surface area contributed by atoms with E-state index in [1.165, 1.54) is 29.6 Å². The van der Waals surface area contributed by atoms with E-state index in [-0.39, 0.29) is 11.6 Å². The van der Waals surface area contributed by atoms with Gasteiger partial charge < -0.3 is 48.2 Å². The van der Waals surface area contributed by atoms with Crippen LogP contribution in [-0.2, 0) is 32.8 Å². The first kappa shape index (κ1) is 43.1. The van der Waals surface area contributed by atoms with Gasteiger partial charge in [-0.25, -0.2) is 0 Å². The van der Waals surface area contributed by atoms with E-state index in [1.807, 2.05) is 26.0 Å². The first-order valence-corrected chi connectivity index (χ1v) is 19.4. The summed E-state index contributed by atoms with van der Waals surface area (Å²) >= 11 is 0. The standard InChI is InChI=1S/C28H40O5Si.C12H22O5/c1-9-28(7,29)25(30-8)24-23(32-27(5,6)33-24)20-31-34(26(2,3)4,21-16-12-10-13-17-21)22-18-14-11-15-19-22;1-6-12(4,14)10(15-5)9-8(7-13)16-11(2,3)17-9/h9-19,23-25,29H,1,20H2,2-8H3;6,8-10,13-14H,1,7H2,2-5H3/t23-,24-,25+,28-;8-,9-,10+,12-/m00/s1. The van der Waals surface area contributed by atoms with Gasteiger partial charge in [0.2, 0.25) is 0 Å². The Morgan fingerprint density at radius 1 is 0.706 bits per heavy atom. The van der Waals surface area contributed by atoms with Gasteiger partial charge in [-0.05, 0) is 57.0 Å². The van der Waals surface area contributed by atoms with E-state index in [0.29, 0.717) is 6.61 Å².